The van der Waals surface area contributed by atoms with Crippen molar-refractivity contribution in [2.75, 3.05) is 7.11 Å². The molecule has 0 heterocycles. The molecule has 13 heteroatoms. The van der Waals surface area contributed by atoms with Crippen LogP contribution < -0.4 is 5.73 Å². The van der Waals surface area contributed by atoms with Gasteiger partial charge in [0.25, 0.3) is 0 Å². The molecule has 0 radical (unpaired) electrons. The van der Waals surface area contributed by atoms with Crippen molar-refractivity contribution in [3.8, 4) is 0 Å². The Morgan fingerprint density at radius 2 is 1.08 bits per heavy atom. The van der Waals surface area contributed by atoms with Crippen molar-refractivity contribution >= 4 is 42.8 Å². The Labute approximate surface area is 401 Å². The first-order chi connectivity index (χ1) is 29.2. The van der Waals surface area contributed by atoms with E-state index in [1.165, 1.54) is 12.7 Å². The number of nitrogens with two attached hydrogens (primary N) is 1. The molecule has 0 aromatic carbocycles. The molecule has 0 aliphatic heterocycles. The van der Waals surface area contributed by atoms with Crippen LogP contribution in [0.2, 0.25) is 54.4 Å². The summed E-state index contributed by atoms with van der Waals surface area (Å²) in [6.07, 6.45) is 8.57. The number of ether oxygens (including phenoxy) is 2. The molecule has 0 aliphatic rings. The summed E-state index contributed by atoms with van der Waals surface area (Å²) in [5.74, 6) is -2.15. The van der Waals surface area contributed by atoms with E-state index in [2.05, 4.69) is 149 Å². The minimum atomic E-state index is -2.36. The SMILES string of the molecule is C=C/C=C\[C@H](C)[C@H](OC(N)=O)[C@@H](C)[C@H](O[Si](C)(C)C(C)(C)C)[C@@H](C)C/C(C)=C\[C@H](C)[C@@H](O[Si](C)(C)C(C)(C)C)[C@@H](C)/C=C\C(=O)C[C@H](O)[C@H](C)[C@H](O[Si](C)(C)C(C)(C)C)[C@@H](C)C(=O)OC. The summed E-state index contributed by atoms with van der Waals surface area (Å²) < 4.78 is 32.1. The monoisotopic (exact) mass is 966 g/mol. The molecule has 1 amide bonds. The highest BCUT2D eigenvalue weighted by molar-refractivity contribution is 6.75. The van der Waals surface area contributed by atoms with Gasteiger partial charge < -0.3 is 33.6 Å². The van der Waals surface area contributed by atoms with Gasteiger partial charge in [-0.2, -0.15) is 0 Å². The third kappa shape index (κ3) is 19.4. The molecule has 0 unspecified atom stereocenters. The summed E-state index contributed by atoms with van der Waals surface area (Å²) in [7, 11) is -5.57. The first-order valence-electron chi connectivity index (χ1n) is 24.1. The van der Waals surface area contributed by atoms with E-state index in [4.69, 9.17) is 28.5 Å². The van der Waals surface area contributed by atoms with Crippen molar-refractivity contribution in [1.82, 2.24) is 0 Å². The average Bonchev–Trinajstić information content (AvgIpc) is 3.15. The Hall–Kier alpha value is -2.14. The van der Waals surface area contributed by atoms with E-state index in [0.29, 0.717) is 0 Å². The van der Waals surface area contributed by atoms with Crippen molar-refractivity contribution in [3.63, 3.8) is 0 Å². The van der Waals surface area contributed by atoms with Crippen LogP contribution in [0.25, 0.3) is 0 Å². The molecule has 0 saturated heterocycles. The van der Waals surface area contributed by atoms with E-state index in [1.807, 2.05) is 32.1 Å². The summed E-state index contributed by atoms with van der Waals surface area (Å²) in [5, 5.41) is 11.3. The van der Waals surface area contributed by atoms with Crippen LogP contribution in [0.15, 0.2) is 48.6 Å². The highest BCUT2D eigenvalue weighted by atomic mass is 28.4. The fourth-order valence-corrected chi connectivity index (χ4v) is 12.0. The third-order valence-corrected chi connectivity index (χ3v) is 28.5. The van der Waals surface area contributed by atoms with E-state index in [-0.39, 0.29) is 69.1 Å². The largest absolute Gasteiger partial charge is 0.469 e. The van der Waals surface area contributed by atoms with Crippen LogP contribution in [0.5, 0.6) is 0 Å². The molecule has 0 rings (SSSR count). The predicted octanol–water partition coefficient (Wildman–Crippen LogP) is 13.2. The number of aliphatic hydroxyl groups is 1. The number of hydrogen-bond acceptors (Lipinski definition) is 9. The molecule has 0 aromatic heterocycles. The van der Waals surface area contributed by atoms with E-state index in [9.17, 15) is 19.5 Å². The number of carbonyl (C=O) groups is 3. The highest BCUT2D eigenvalue weighted by Crippen LogP contribution is 2.43. The lowest BCUT2D eigenvalue weighted by molar-refractivity contribution is -0.150. The van der Waals surface area contributed by atoms with Crippen LogP contribution in [0.3, 0.4) is 0 Å². The van der Waals surface area contributed by atoms with Gasteiger partial charge in [0.15, 0.2) is 30.7 Å². The van der Waals surface area contributed by atoms with Crippen LogP contribution in [0, 0.1) is 41.4 Å². The molecule has 0 spiro atoms. The number of rotatable bonds is 26. The quantitative estimate of drug-likeness (QED) is 0.0285. The van der Waals surface area contributed by atoms with Gasteiger partial charge >= 0.3 is 12.1 Å². The standard InChI is InChI=1S/C52H99NO9Si3/c1-26-27-28-35(3)45(59-49(53)57)40(8)46(61-64(22,23)51(13,14)15)38(6)32-34(2)31-37(5)44(60-63(20,21)50(10,11)12)36(4)29-30-42(54)33-43(55)39(7)47(41(9)48(56)58-19)62-65(24,25)52(16,17)18/h26-31,35-41,43-47,55H,1,32-33H2,2-25H3,(H2,53,57)/b28-27-,30-29-,34-31-/t35-,36-,37-,38-,39-,40+,41+,43-,44-,45-,46+,47-/m0/s1. The number of methoxy groups -OCH3 is 1. The number of carbonyl (C=O) groups excluding carboxylic acids is 3. The molecular weight excluding hydrogens is 867 g/mol. The van der Waals surface area contributed by atoms with Crippen molar-refractivity contribution in [2.24, 2.45) is 47.2 Å². The Morgan fingerprint density at radius 1 is 0.646 bits per heavy atom. The molecule has 3 N–H and O–H groups in total. The summed E-state index contributed by atoms with van der Waals surface area (Å²) in [4.78, 5) is 38.7. The zero-order chi connectivity index (χ0) is 51.4. The molecule has 0 saturated carbocycles. The molecular formula is C52H99NO9Si3. The molecule has 65 heavy (non-hydrogen) atoms. The number of primary amides is 1. The summed E-state index contributed by atoms with van der Waals surface area (Å²) in [6, 6.07) is 0. The van der Waals surface area contributed by atoms with Crippen LogP contribution in [0.4, 0.5) is 4.79 Å². The van der Waals surface area contributed by atoms with Crippen molar-refractivity contribution in [3.05, 3.63) is 48.6 Å². The topological polar surface area (TPSA) is 144 Å². The summed E-state index contributed by atoms with van der Waals surface area (Å²) in [5.41, 5.74) is 6.85. The first kappa shape index (κ1) is 62.9. The highest BCUT2D eigenvalue weighted by Gasteiger charge is 2.46. The Bertz CT molecular complexity index is 1620. The van der Waals surface area contributed by atoms with E-state index >= 15 is 0 Å². The fourth-order valence-electron chi connectivity index (χ4n) is 7.63. The predicted molar refractivity (Wildman–Crippen MR) is 279 cm³/mol. The molecule has 378 valence electrons. The fraction of sp³-hybridized carbons (Fsp3) is 0.788. The van der Waals surface area contributed by atoms with Gasteiger partial charge in [0, 0.05) is 24.2 Å². The molecule has 0 aliphatic carbocycles. The maximum Gasteiger partial charge on any atom is 0.404 e. The van der Waals surface area contributed by atoms with E-state index in [0.717, 1.165) is 6.42 Å². The summed E-state index contributed by atoms with van der Waals surface area (Å²) >= 11 is 0. The first-order valence-corrected chi connectivity index (χ1v) is 32.8. The molecule has 12 atom stereocenters. The average molecular weight is 967 g/mol. The third-order valence-electron chi connectivity index (χ3n) is 15.0. The molecule has 10 nitrogen and oxygen atoms in total. The normalized spacial score (nSPS) is 19.6. The number of esters is 1. The Balaban J connectivity index is 6.89. The molecule has 0 aromatic rings. The molecule has 0 bridgehead atoms. The lowest BCUT2D eigenvalue weighted by Gasteiger charge is -2.45. The second kappa shape index (κ2) is 25.5. The van der Waals surface area contributed by atoms with E-state index in [1.54, 1.807) is 19.1 Å². The van der Waals surface area contributed by atoms with Gasteiger partial charge in [-0.05, 0) is 98.5 Å². The summed E-state index contributed by atoms with van der Waals surface area (Å²) in [6.45, 7) is 53.2. The second-order valence-electron chi connectivity index (χ2n) is 23.9. The van der Waals surface area contributed by atoms with Crippen molar-refractivity contribution in [1.29, 1.82) is 0 Å². The maximum absolute atomic E-state index is 13.6. The Morgan fingerprint density at radius 3 is 1.49 bits per heavy atom. The van der Waals surface area contributed by atoms with Crippen LogP contribution in [0.1, 0.15) is 131 Å². The van der Waals surface area contributed by atoms with Gasteiger partial charge in [-0.1, -0.05) is 146 Å². The lowest BCUT2D eigenvalue weighted by Crippen LogP contribution is -2.50. The second-order valence-corrected chi connectivity index (χ2v) is 38.2. The van der Waals surface area contributed by atoms with Gasteiger partial charge in [-0.15, -0.1) is 0 Å². The number of aliphatic hydroxyl groups excluding tert-OH is 1. The zero-order valence-corrected chi connectivity index (χ0v) is 48.8. The van der Waals surface area contributed by atoms with Crippen molar-refractivity contribution in [2.45, 2.75) is 215 Å². The van der Waals surface area contributed by atoms with Gasteiger partial charge in [0.1, 0.15) is 6.10 Å². The Kier molecular flexibility index (Phi) is 24.6. The zero-order valence-electron chi connectivity index (χ0n) is 45.8. The number of allylic oxidation sites excluding steroid dienone is 4. The van der Waals surface area contributed by atoms with Gasteiger partial charge in [0.2, 0.25) is 0 Å². The minimum Gasteiger partial charge on any atom is -0.469 e. The van der Waals surface area contributed by atoms with Gasteiger partial charge in [0.05, 0.1) is 37.4 Å². The number of hydrogen-bond donors (Lipinski definition) is 2. The van der Waals surface area contributed by atoms with Crippen molar-refractivity contribution < 1.29 is 42.2 Å². The van der Waals surface area contributed by atoms with Gasteiger partial charge in [-0.3, -0.25) is 9.59 Å². The maximum atomic E-state index is 13.6. The lowest BCUT2D eigenvalue weighted by atomic mass is 9.81. The smallest absolute Gasteiger partial charge is 0.404 e. The van der Waals surface area contributed by atoms with Crippen LogP contribution >= 0.6 is 0 Å². The van der Waals surface area contributed by atoms with Gasteiger partial charge in [-0.25, -0.2) is 4.79 Å². The minimum absolute atomic E-state index is 0.0167. The van der Waals surface area contributed by atoms with Crippen LogP contribution in [-0.4, -0.2) is 85.5 Å². The number of amides is 1. The van der Waals surface area contributed by atoms with Crippen LogP contribution in [-0.2, 0) is 32.3 Å². The molecule has 0 fully saturated rings. The van der Waals surface area contributed by atoms with E-state index < -0.39 is 67.2 Å². The number of ketones is 1.